The average molecular weight is 524 g/mol. The first-order valence-electron chi connectivity index (χ1n) is 12.2. The van der Waals surface area contributed by atoms with Gasteiger partial charge in [-0.3, -0.25) is 4.79 Å². The Morgan fingerprint density at radius 2 is 1.80 bits per heavy atom. The van der Waals surface area contributed by atoms with Gasteiger partial charge in [0.15, 0.2) is 0 Å². The number of esters is 1. The number of aliphatic hydroxyl groups is 1. The maximum atomic E-state index is 12.7. The second-order valence-corrected chi connectivity index (χ2v) is 13.4. The predicted octanol–water partition coefficient (Wildman–Crippen LogP) is 5.28. The van der Waals surface area contributed by atoms with E-state index in [4.69, 9.17) is 0 Å². The zero-order valence-corrected chi connectivity index (χ0v) is 23.7. The molecule has 2 unspecified atom stereocenters. The van der Waals surface area contributed by atoms with Gasteiger partial charge in [-0.25, -0.2) is 8.42 Å². The molecule has 2 atom stereocenters. The number of carbonyl (C=O) groups excluding carboxylic acids is 1. The fourth-order valence-electron chi connectivity index (χ4n) is 4.06. The molecule has 2 rings (SSSR count). The third kappa shape index (κ3) is 8.41. The minimum Gasteiger partial charge on any atom is -0.468 e. The van der Waals surface area contributed by atoms with Crippen LogP contribution in [0.3, 0.4) is 0 Å². The fourth-order valence-corrected chi connectivity index (χ4v) is 7.00. The Balaban J connectivity index is 2.05. The normalized spacial score (nSPS) is 14.1. The van der Waals surface area contributed by atoms with Crippen molar-refractivity contribution in [2.75, 3.05) is 13.7 Å². The zero-order valence-electron chi connectivity index (χ0n) is 22.1. The van der Waals surface area contributed by atoms with E-state index in [-0.39, 0.29) is 28.2 Å². The maximum Gasteiger partial charge on any atom is 0.320 e. The molecule has 0 aliphatic rings. The summed E-state index contributed by atoms with van der Waals surface area (Å²) in [7, 11) is -2.54. The molecule has 0 saturated carbocycles. The summed E-state index contributed by atoms with van der Waals surface area (Å²) in [5.41, 5.74) is 4.36. The van der Waals surface area contributed by atoms with Gasteiger partial charge in [0, 0.05) is 4.88 Å². The van der Waals surface area contributed by atoms with Gasteiger partial charge in [0.25, 0.3) is 10.0 Å². The highest BCUT2D eigenvalue weighted by atomic mass is 32.2. The Morgan fingerprint density at radius 3 is 2.37 bits per heavy atom. The van der Waals surface area contributed by atoms with E-state index in [2.05, 4.69) is 62.3 Å². The first-order valence-corrected chi connectivity index (χ1v) is 14.5. The van der Waals surface area contributed by atoms with Crippen molar-refractivity contribution in [2.24, 2.45) is 5.41 Å². The zero-order chi connectivity index (χ0) is 26.4. The highest BCUT2D eigenvalue weighted by Crippen LogP contribution is 2.35. The standard InChI is InChI=1S/C27H41NO5S2/c1-8-21(23-16-19(3)26(34-23)35(31,32)28-17-25(30)33-7)11-9-20-10-12-22(18(2)15-20)13-14-24(29)27(4,5)6/h10,12,15-16,21,24,28-29H,8-9,11,13-14,17H2,1-7H3. The van der Waals surface area contributed by atoms with Crippen molar-refractivity contribution in [1.82, 2.24) is 4.72 Å². The van der Waals surface area contributed by atoms with Crippen LogP contribution in [0.2, 0.25) is 0 Å². The third-order valence-electron chi connectivity index (χ3n) is 6.54. The van der Waals surface area contributed by atoms with Crippen molar-refractivity contribution in [3.8, 4) is 0 Å². The van der Waals surface area contributed by atoms with Crippen LogP contribution in [0.25, 0.3) is 0 Å². The number of ether oxygens (including phenoxy) is 1. The molecule has 2 N–H and O–H groups in total. The van der Waals surface area contributed by atoms with Gasteiger partial charge in [0.05, 0.1) is 13.2 Å². The van der Waals surface area contributed by atoms with Crippen LogP contribution >= 0.6 is 11.3 Å². The SMILES string of the molecule is CCC(CCc1ccc(CCC(O)C(C)(C)C)c(C)c1)c1cc(C)c(S(=O)(=O)NCC(=O)OC)s1. The maximum absolute atomic E-state index is 12.7. The van der Waals surface area contributed by atoms with E-state index in [0.29, 0.717) is 5.56 Å². The monoisotopic (exact) mass is 523 g/mol. The van der Waals surface area contributed by atoms with Crippen molar-refractivity contribution in [2.45, 2.75) is 89.9 Å². The van der Waals surface area contributed by atoms with Crippen LogP contribution in [0.15, 0.2) is 28.5 Å². The third-order valence-corrected chi connectivity index (χ3v) is 9.98. The Bertz CT molecular complexity index is 1100. The number of aryl methyl sites for hydroxylation is 4. The molecule has 0 spiro atoms. The number of aliphatic hydroxyl groups excluding tert-OH is 1. The van der Waals surface area contributed by atoms with Crippen LogP contribution in [-0.2, 0) is 32.4 Å². The smallest absolute Gasteiger partial charge is 0.320 e. The number of hydrogen-bond donors (Lipinski definition) is 2. The summed E-state index contributed by atoms with van der Waals surface area (Å²) in [5.74, 6) is -0.369. The van der Waals surface area contributed by atoms with Gasteiger partial charge >= 0.3 is 5.97 Å². The molecule has 1 aromatic heterocycles. The van der Waals surface area contributed by atoms with Crippen LogP contribution in [0.1, 0.15) is 80.0 Å². The Hall–Kier alpha value is -1.74. The second kappa shape index (κ2) is 12.5. The Labute approximate surface area is 215 Å². The summed E-state index contributed by atoms with van der Waals surface area (Å²) in [6.07, 6.45) is 4.02. The van der Waals surface area contributed by atoms with Crippen molar-refractivity contribution in [3.63, 3.8) is 0 Å². The number of carbonyl (C=O) groups is 1. The molecular formula is C27H41NO5S2. The average Bonchev–Trinajstić information content (AvgIpc) is 3.18. The molecule has 0 fully saturated rings. The lowest BCUT2D eigenvalue weighted by molar-refractivity contribution is -0.139. The highest BCUT2D eigenvalue weighted by molar-refractivity contribution is 7.91. The molecule has 0 saturated heterocycles. The molecule has 1 heterocycles. The number of hydrogen-bond acceptors (Lipinski definition) is 6. The number of sulfonamides is 1. The molecule has 35 heavy (non-hydrogen) atoms. The van der Waals surface area contributed by atoms with Gasteiger partial charge in [0.2, 0.25) is 0 Å². The van der Waals surface area contributed by atoms with E-state index in [1.54, 1.807) is 6.92 Å². The van der Waals surface area contributed by atoms with Crippen molar-refractivity contribution >= 4 is 27.3 Å². The molecule has 196 valence electrons. The molecule has 0 amide bonds. The lowest BCUT2D eigenvalue weighted by Crippen LogP contribution is -2.30. The number of rotatable bonds is 12. The minimum atomic E-state index is -3.77. The van der Waals surface area contributed by atoms with Crippen molar-refractivity contribution in [3.05, 3.63) is 51.4 Å². The molecule has 2 aromatic rings. The summed E-state index contributed by atoms with van der Waals surface area (Å²) in [6.45, 7) is 11.8. The van der Waals surface area contributed by atoms with Gasteiger partial charge < -0.3 is 9.84 Å². The van der Waals surface area contributed by atoms with Gasteiger partial charge in [-0.2, -0.15) is 4.72 Å². The van der Waals surface area contributed by atoms with Crippen molar-refractivity contribution in [1.29, 1.82) is 0 Å². The molecular weight excluding hydrogens is 482 g/mol. The molecule has 0 aliphatic carbocycles. The molecule has 0 radical (unpaired) electrons. The lowest BCUT2D eigenvalue weighted by Gasteiger charge is -2.26. The van der Waals surface area contributed by atoms with Crippen molar-refractivity contribution < 1.29 is 23.1 Å². The molecule has 1 aromatic carbocycles. The van der Waals surface area contributed by atoms with Crippen LogP contribution < -0.4 is 4.72 Å². The number of methoxy groups -OCH3 is 1. The summed E-state index contributed by atoms with van der Waals surface area (Å²) in [5, 5.41) is 10.3. The van der Waals surface area contributed by atoms with E-state index in [1.807, 2.05) is 6.07 Å². The predicted molar refractivity (Wildman–Crippen MR) is 143 cm³/mol. The number of benzene rings is 1. The first-order chi connectivity index (χ1) is 16.3. The molecule has 0 aliphatic heterocycles. The molecule has 0 bridgehead atoms. The van der Waals surface area contributed by atoms with Crippen LogP contribution in [0.4, 0.5) is 0 Å². The number of thiophene rings is 1. The van der Waals surface area contributed by atoms with E-state index in [0.717, 1.165) is 37.0 Å². The topological polar surface area (TPSA) is 92.7 Å². The Morgan fingerprint density at radius 1 is 1.11 bits per heavy atom. The first kappa shape index (κ1) is 29.5. The van der Waals surface area contributed by atoms with Gasteiger partial charge in [-0.15, -0.1) is 11.3 Å². The second-order valence-electron chi connectivity index (χ2n) is 10.3. The van der Waals surface area contributed by atoms with E-state index >= 15 is 0 Å². The van der Waals surface area contributed by atoms with E-state index in [9.17, 15) is 18.3 Å². The van der Waals surface area contributed by atoms with Crippen LogP contribution in [-0.4, -0.2) is 39.3 Å². The van der Waals surface area contributed by atoms with Gasteiger partial charge in [-0.05, 0) is 85.6 Å². The summed E-state index contributed by atoms with van der Waals surface area (Å²) < 4.78 is 32.5. The number of nitrogens with one attached hydrogen (secondary N) is 1. The lowest BCUT2D eigenvalue weighted by atomic mass is 9.85. The fraction of sp³-hybridized carbons (Fsp3) is 0.593. The van der Waals surface area contributed by atoms with E-state index < -0.39 is 16.0 Å². The largest absolute Gasteiger partial charge is 0.468 e. The van der Waals surface area contributed by atoms with Crippen LogP contribution in [0.5, 0.6) is 0 Å². The van der Waals surface area contributed by atoms with E-state index in [1.165, 1.54) is 35.1 Å². The minimum absolute atomic E-state index is 0.111. The van der Waals surface area contributed by atoms with Crippen LogP contribution in [0, 0.1) is 19.3 Å². The summed E-state index contributed by atoms with van der Waals surface area (Å²) in [6, 6.07) is 8.54. The summed E-state index contributed by atoms with van der Waals surface area (Å²) >= 11 is 1.28. The highest BCUT2D eigenvalue weighted by Gasteiger charge is 2.24. The molecule has 8 heteroatoms. The van der Waals surface area contributed by atoms with Gasteiger partial charge in [0.1, 0.15) is 10.8 Å². The quantitative estimate of drug-likeness (QED) is 0.369. The summed E-state index contributed by atoms with van der Waals surface area (Å²) in [4.78, 5) is 12.4. The Kier molecular flexibility index (Phi) is 10.5. The molecule has 6 nitrogen and oxygen atoms in total. The van der Waals surface area contributed by atoms with Gasteiger partial charge in [-0.1, -0.05) is 45.9 Å².